The van der Waals surface area contributed by atoms with Crippen molar-refractivity contribution in [3.05, 3.63) is 95.4 Å². The number of nitrogens with zero attached hydrogens (tertiary/aromatic N) is 4. The Labute approximate surface area is 248 Å². The van der Waals surface area contributed by atoms with Crippen LogP contribution >= 0.6 is 24.0 Å². The Hall–Kier alpha value is -3.51. The SMILES string of the molecule is CC1CCCN(S(=O)(=O)c2cccc(-c3nn(-c4ccccc4)cc3/C=C3\SC(=S)N(Cc4ccco4)C3=O)c2)C1. The zero-order chi connectivity index (χ0) is 28.6. The third-order valence-corrected chi connectivity index (χ3v) is 10.4. The van der Waals surface area contributed by atoms with Gasteiger partial charge in [0.25, 0.3) is 5.91 Å². The van der Waals surface area contributed by atoms with E-state index in [4.69, 9.17) is 21.7 Å². The molecule has 0 spiro atoms. The number of amides is 1. The number of thiocarbonyl (C=S) groups is 1. The van der Waals surface area contributed by atoms with E-state index in [0.717, 1.165) is 18.5 Å². The summed E-state index contributed by atoms with van der Waals surface area (Å²) < 4.78 is 36.3. The maximum atomic E-state index is 13.6. The van der Waals surface area contributed by atoms with E-state index in [0.29, 0.717) is 50.8 Å². The van der Waals surface area contributed by atoms with Crippen LogP contribution in [0.1, 0.15) is 31.1 Å². The van der Waals surface area contributed by atoms with Gasteiger partial charge in [-0.2, -0.15) is 9.40 Å². The number of carbonyl (C=O) groups is 1. The van der Waals surface area contributed by atoms with Crippen molar-refractivity contribution in [1.82, 2.24) is 19.0 Å². The van der Waals surface area contributed by atoms with E-state index >= 15 is 0 Å². The van der Waals surface area contributed by atoms with Crippen LogP contribution in [-0.4, -0.2) is 50.7 Å². The van der Waals surface area contributed by atoms with Crippen LogP contribution in [0.4, 0.5) is 0 Å². The summed E-state index contributed by atoms with van der Waals surface area (Å²) in [5, 5.41) is 4.85. The lowest BCUT2D eigenvalue weighted by atomic mass is 10.0. The van der Waals surface area contributed by atoms with Gasteiger partial charge < -0.3 is 4.42 Å². The molecule has 1 unspecified atom stereocenters. The Morgan fingerprint density at radius 2 is 1.95 bits per heavy atom. The van der Waals surface area contributed by atoms with Gasteiger partial charge in [-0.3, -0.25) is 9.69 Å². The van der Waals surface area contributed by atoms with Gasteiger partial charge >= 0.3 is 0 Å². The van der Waals surface area contributed by atoms with Crippen molar-refractivity contribution in [2.45, 2.75) is 31.2 Å². The molecule has 8 nitrogen and oxygen atoms in total. The van der Waals surface area contributed by atoms with E-state index in [1.165, 1.54) is 16.7 Å². The van der Waals surface area contributed by atoms with Crippen LogP contribution in [0.3, 0.4) is 0 Å². The highest BCUT2D eigenvalue weighted by Crippen LogP contribution is 2.36. The van der Waals surface area contributed by atoms with Gasteiger partial charge in [-0.1, -0.05) is 61.2 Å². The predicted octanol–water partition coefficient (Wildman–Crippen LogP) is 5.95. The lowest BCUT2D eigenvalue weighted by Crippen LogP contribution is -2.39. The van der Waals surface area contributed by atoms with Crippen LogP contribution in [0.5, 0.6) is 0 Å². The molecule has 0 aliphatic carbocycles. The molecule has 0 saturated carbocycles. The molecular weight excluding hydrogens is 577 g/mol. The fourth-order valence-electron chi connectivity index (χ4n) is 5.08. The second-order valence-corrected chi connectivity index (χ2v) is 13.8. The van der Waals surface area contributed by atoms with E-state index in [9.17, 15) is 13.2 Å². The van der Waals surface area contributed by atoms with Crippen LogP contribution in [0.25, 0.3) is 23.0 Å². The topological polar surface area (TPSA) is 88.7 Å². The van der Waals surface area contributed by atoms with E-state index in [1.54, 1.807) is 51.7 Å². The number of sulfonamides is 1. The molecule has 0 N–H and O–H groups in total. The smallest absolute Gasteiger partial charge is 0.266 e. The Morgan fingerprint density at radius 1 is 1.12 bits per heavy atom. The average molecular weight is 605 g/mol. The minimum absolute atomic E-state index is 0.217. The largest absolute Gasteiger partial charge is 0.467 e. The summed E-state index contributed by atoms with van der Waals surface area (Å²) in [5.41, 5.74) is 2.72. The summed E-state index contributed by atoms with van der Waals surface area (Å²) in [4.78, 5) is 15.6. The summed E-state index contributed by atoms with van der Waals surface area (Å²) in [6.07, 6.45) is 7.06. The number of piperidine rings is 1. The first-order chi connectivity index (χ1) is 19.8. The van der Waals surface area contributed by atoms with Crippen LogP contribution < -0.4 is 0 Å². The standard InChI is InChI=1S/C30H28N4O4S3/c1-21-8-6-14-32(18-21)41(36,37)26-13-5-9-22(16-26)28-23(19-34(31-28)24-10-3-2-4-11-24)17-27-29(35)33(30(39)40-27)20-25-12-7-15-38-25/h2-5,7,9-13,15-17,19,21H,6,8,14,18,20H2,1H3/b27-17-. The Morgan fingerprint density at radius 3 is 2.71 bits per heavy atom. The molecule has 2 aromatic heterocycles. The number of hydrogen-bond acceptors (Lipinski definition) is 7. The summed E-state index contributed by atoms with van der Waals surface area (Å²) in [6, 6.07) is 20.1. The molecule has 6 rings (SSSR count). The minimum atomic E-state index is -3.66. The maximum Gasteiger partial charge on any atom is 0.266 e. The van der Waals surface area contributed by atoms with Crippen LogP contribution in [0, 0.1) is 5.92 Å². The second kappa shape index (κ2) is 11.4. The molecule has 4 aromatic rings. The number of carbonyl (C=O) groups excluding carboxylic acids is 1. The molecule has 41 heavy (non-hydrogen) atoms. The first-order valence-corrected chi connectivity index (χ1v) is 16.0. The van der Waals surface area contributed by atoms with Gasteiger partial charge in [-0.15, -0.1) is 0 Å². The molecule has 2 aromatic carbocycles. The van der Waals surface area contributed by atoms with Crippen molar-refractivity contribution in [3.63, 3.8) is 0 Å². The van der Waals surface area contributed by atoms with Gasteiger partial charge in [0.05, 0.1) is 28.3 Å². The summed E-state index contributed by atoms with van der Waals surface area (Å²) in [5.74, 6) is 0.744. The lowest BCUT2D eigenvalue weighted by molar-refractivity contribution is -0.122. The highest BCUT2D eigenvalue weighted by Gasteiger charge is 2.33. The number of aromatic nitrogens is 2. The van der Waals surface area contributed by atoms with E-state index < -0.39 is 10.0 Å². The zero-order valence-corrected chi connectivity index (χ0v) is 24.8. The number of thioether (sulfide) groups is 1. The Kier molecular flexibility index (Phi) is 7.69. The fraction of sp³-hybridized carbons (Fsp3) is 0.233. The van der Waals surface area contributed by atoms with Crippen LogP contribution in [0.2, 0.25) is 0 Å². The maximum absolute atomic E-state index is 13.6. The van der Waals surface area contributed by atoms with Gasteiger partial charge in [0.1, 0.15) is 15.8 Å². The molecule has 2 aliphatic heterocycles. The van der Waals surface area contributed by atoms with Gasteiger partial charge in [0.2, 0.25) is 10.0 Å². The molecule has 1 atom stereocenters. The molecule has 0 radical (unpaired) electrons. The molecular formula is C30H28N4O4S3. The van der Waals surface area contributed by atoms with Crippen molar-refractivity contribution < 1.29 is 17.6 Å². The molecule has 2 aliphatic rings. The quantitative estimate of drug-likeness (QED) is 0.190. The first-order valence-electron chi connectivity index (χ1n) is 13.3. The van der Waals surface area contributed by atoms with E-state index in [1.807, 2.05) is 42.6 Å². The number of benzene rings is 2. The van der Waals surface area contributed by atoms with Crippen molar-refractivity contribution in [2.24, 2.45) is 5.92 Å². The third kappa shape index (κ3) is 5.67. The highest BCUT2D eigenvalue weighted by molar-refractivity contribution is 8.26. The molecule has 2 saturated heterocycles. The molecule has 4 heterocycles. The zero-order valence-electron chi connectivity index (χ0n) is 22.3. The fourth-order valence-corrected chi connectivity index (χ4v) is 7.97. The van der Waals surface area contributed by atoms with Crippen LogP contribution in [-0.2, 0) is 21.4 Å². The van der Waals surface area contributed by atoms with Gasteiger partial charge in [0.15, 0.2) is 0 Å². The van der Waals surface area contributed by atoms with Gasteiger partial charge in [-0.05, 0) is 61.2 Å². The normalized spacial score (nSPS) is 19.4. The average Bonchev–Trinajstić information content (AvgIpc) is 3.71. The molecule has 210 valence electrons. The molecule has 0 bridgehead atoms. The monoisotopic (exact) mass is 604 g/mol. The number of hydrogen-bond donors (Lipinski definition) is 0. The van der Waals surface area contributed by atoms with Crippen molar-refractivity contribution in [2.75, 3.05) is 13.1 Å². The second-order valence-electron chi connectivity index (χ2n) is 10.2. The van der Waals surface area contributed by atoms with Crippen molar-refractivity contribution >= 4 is 50.3 Å². The van der Waals surface area contributed by atoms with Gasteiger partial charge in [-0.25, -0.2) is 13.1 Å². The number of para-hydroxylation sites is 1. The predicted molar refractivity (Wildman–Crippen MR) is 164 cm³/mol. The van der Waals surface area contributed by atoms with Crippen molar-refractivity contribution in [1.29, 1.82) is 0 Å². The third-order valence-electron chi connectivity index (χ3n) is 7.18. The Bertz CT molecular complexity index is 1730. The number of rotatable bonds is 7. The summed E-state index contributed by atoms with van der Waals surface area (Å²) >= 11 is 6.74. The van der Waals surface area contributed by atoms with Crippen molar-refractivity contribution in [3.8, 4) is 16.9 Å². The minimum Gasteiger partial charge on any atom is -0.467 e. The summed E-state index contributed by atoms with van der Waals surface area (Å²) in [6.45, 7) is 3.36. The summed E-state index contributed by atoms with van der Waals surface area (Å²) in [7, 11) is -3.66. The lowest BCUT2D eigenvalue weighted by Gasteiger charge is -2.30. The van der Waals surface area contributed by atoms with Crippen LogP contribution in [0.15, 0.2) is 93.4 Å². The first kappa shape index (κ1) is 27.6. The highest BCUT2D eigenvalue weighted by atomic mass is 32.2. The molecule has 2 fully saturated rings. The molecule has 11 heteroatoms. The van der Waals surface area contributed by atoms with E-state index in [-0.39, 0.29) is 17.3 Å². The van der Waals surface area contributed by atoms with E-state index in [2.05, 4.69) is 6.92 Å². The molecule has 1 amide bonds. The Balaban J connectivity index is 1.39. The van der Waals surface area contributed by atoms with Gasteiger partial charge in [0, 0.05) is 30.4 Å². The number of furan rings is 1.